The van der Waals surface area contributed by atoms with Crippen LogP contribution < -0.4 is 0 Å². The summed E-state index contributed by atoms with van der Waals surface area (Å²) in [6, 6.07) is 3.80. The van der Waals surface area contributed by atoms with E-state index in [2.05, 4.69) is 6.08 Å². The summed E-state index contributed by atoms with van der Waals surface area (Å²) in [7, 11) is 0. The van der Waals surface area contributed by atoms with Gasteiger partial charge in [0.1, 0.15) is 0 Å². The first-order valence-corrected chi connectivity index (χ1v) is 6.91. The SMILES string of the molecule is O=C(Cc1ccc(Cl)s1)C1=CCCCCC1. The topological polar surface area (TPSA) is 17.1 Å². The molecular weight excluding hydrogens is 240 g/mol. The minimum Gasteiger partial charge on any atom is -0.294 e. The van der Waals surface area contributed by atoms with E-state index in [0.717, 1.165) is 34.0 Å². The lowest BCUT2D eigenvalue weighted by Crippen LogP contribution is -2.05. The van der Waals surface area contributed by atoms with Gasteiger partial charge in [0.05, 0.1) is 4.34 Å². The summed E-state index contributed by atoms with van der Waals surface area (Å²) < 4.78 is 0.762. The second-order valence-corrected chi connectivity index (χ2v) is 5.93. The van der Waals surface area contributed by atoms with E-state index in [-0.39, 0.29) is 5.78 Å². The van der Waals surface area contributed by atoms with Crippen LogP contribution in [0.5, 0.6) is 0 Å². The number of carbonyl (C=O) groups excluding carboxylic acids is 1. The Kier molecular flexibility index (Phi) is 4.19. The normalized spacial score (nSPS) is 16.7. The average molecular weight is 255 g/mol. The number of hydrogen-bond donors (Lipinski definition) is 0. The number of thiophene rings is 1. The molecule has 0 spiro atoms. The lowest BCUT2D eigenvalue weighted by atomic mass is 10.0. The van der Waals surface area contributed by atoms with Crippen LogP contribution in [0.4, 0.5) is 0 Å². The molecule has 3 heteroatoms. The van der Waals surface area contributed by atoms with Gasteiger partial charge in [0.2, 0.25) is 0 Å². The molecule has 0 amide bonds. The van der Waals surface area contributed by atoms with E-state index < -0.39 is 0 Å². The number of rotatable bonds is 3. The molecule has 0 bridgehead atoms. The maximum absolute atomic E-state index is 12.0. The molecule has 0 saturated carbocycles. The highest BCUT2D eigenvalue weighted by Gasteiger charge is 2.13. The van der Waals surface area contributed by atoms with E-state index in [4.69, 9.17) is 11.6 Å². The Morgan fingerprint density at radius 1 is 1.31 bits per heavy atom. The van der Waals surface area contributed by atoms with Gasteiger partial charge in [-0.2, -0.15) is 0 Å². The molecule has 0 radical (unpaired) electrons. The largest absolute Gasteiger partial charge is 0.294 e. The fraction of sp³-hybridized carbons (Fsp3) is 0.462. The molecule has 0 atom stereocenters. The minimum atomic E-state index is 0.278. The van der Waals surface area contributed by atoms with Crippen molar-refractivity contribution in [3.05, 3.63) is 33.0 Å². The van der Waals surface area contributed by atoms with Crippen molar-refractivity contribution in [1.82, 2.24) is 0 Å². The summed E-state index contributed by atoms with van der Waals surface area (Å²) in [5.74, 6) is 0.278. The Morgan fingerprint density at radius 3 is 2.94 bits per heavy atom. The van der Waals surface area contributed by atoms with Gasteiger partial charge in [-0.25, -0.2) is 0 Å². The molecule has 0 N–H and O–H groups in total. The quantitative estimate of drug-likeness (QED) is 0.781. The molecule has 0 fully saturated rings. The molecule has 1 nitrogen and oxygen atoms in total. The molecule has 86 valence electrons. The first-order chi connectivity index (χ1) is 7.75. The van der Waals surface area contributed by atoms with Gasteiger partial charge in [-0.05, 0) is 43.4 Å². The van der Waals surface area contributed by atoms with Gasteiger partial charge in [-0.15, -0.1) is 11.3 Å². The number of carbonyl (C=O) groups is 1. The molecule has 0 aliphatic heterocycles. The zero-order chi connectivity index (χ0) is 11.4. The first-order valence-electron chi connectivity index (χ1n) is 5.72. The van der Waals surface area contributed by atoms with Crippen LogP contribution in [-0.2, 0) is 11.2 Å². The summed E-state index contributed by atoms with van der Waals surface area (Å²) >= 11 is 7.35. The van der Waals surface area contributed by atoms with Gasteiger partial charge < -0.3 is 0 Å². The number of hydrogen-bond acceptors (Lipinski definition) is 2. The molecule has 1 aliphatic rings. The van der Waals surface area contributed by atoms with Crippen LogP contribution in [0, 0.1) is 0 Å². The summed E-state index contributed by atoms with van der Waals surface area (Å²) in [6.45, 7) is 0. The van der Waals surface area contributed by atoms with Gasteiger partial charge in [0.15, 0.2) is 5.78 Å². The Labute approximate surface area is 105 Å². The second-order valence-electron chi connectivity index (χ2n) is 4.13. The van der Waals surface area contributed by atoms with Crippen LogP contribution in [0.1, 0.15) is 37.0 Å². The lowest BCUT2D eigenvalue weighted by molar-refractivity contribution is -0.115. The third-order valence-electron chi connectivity index (χ3n) is 2.86. The third-order valence-corrected chi connectivity index (χ3v) is 4.09. The van der Waals surface area contributed by atoms with Crippen molar-refractivity contribution in [3.63, 3.8) is 0 Å². The molecule has 16 heavy (non-hydrogen) atoms. The number of ketones is 1. The van der Waals surface area contributed by atoms with E-state index in [1.807, 2.05) is 12.1 Å². The maximum atomic E-state index is 12.0. The highest BCUT2D eigenvalue weighted by molar-refractivity contribution is 7.16. The van der Waals surface area contributed by atoms with Gasteiger partial charge in [-0.1, -0.05) is 24.1 Å². The monoisotopic (exact) mass is 254 g/mol. The molecule has 2 rings (SSSR count). The number of halogens is 1. The van der Waals surface area contributed by atoms with E-state index in [1.165, 1.54) is 24.2 Å². The second kappa shape index (κ2) is 5.65. The summed E-state index contributed by atoms with van der Waals surface area (Å²) in [6.07, 6.45) is 8.29. The summed E-state index contributed by atoms with van der Waals surface area (Å²) in [5, 5.41) is 0. The predicted octanol–water partition coefficient (Wildman–Crippen LogP) is 4.40. The van der Waals surface area contributed by atoms with Crippen LogP contribution in [0.25, 0.3) is 0 Å². The van der Waals surface area contributed by atoms with Crippen LogP contribution >= 0.6 is 22.9 Å². The fourth-order valence-electron chi connectivity index (χ4n) is 1.99. The fourth-order valence-corrected chi connectivity index (χ4v) is 3.07. The van der Waals surface area contributed by atoms with Gasteiger partial charge in [0.25, 0.3) is 0 Å². The van der Waals surface area contributed by atoms with Crippen molar-refractivity contribution in [2.45, 2.75) is 38.5 Å². The zero-order valence-corrected chi connectivity index (χ0v) is 10.7. The van der Waals surface area contributed by atoms with E-state index >= 15 is 0 Å². The lowest BCUT2D eigenvalue weighted by Gasteiger charge is -2.02. The third kappa shape index (κ3) is 3.19. The molecule has 1 aromatic rings. The van der Waals surface area contributed by atoms with Crippen LogP contribution in [0.3, 0.4) is 0 Å². The van der Waals surface area contributed by atoms with Gasteiger partial charge in [-0.3, -0.25) is 4.79 Å². The Bertz CT molecular complexity index is 406. The molecule has 0 saturated heterocycles. The summed E-state index contributed by atoms with van der Waals surface area (Å²) in [4.78, 5) is 13.1. The minimum absolute atomic E-state index is 0.278. The van der Waals surface area contributed by atoms with Crippen LogP contribution in [0.2, 0.25) is 4.34 Å². The van der Waals surface area contributed by atoms with Crippen LogP contribution in [0.15, 0.2) is 23.8 Å². The predicted molar refractivity (Wildman–Crippen MR) is 69.2 cm³/mol. The maximum Gasteiger partial charge on any atom is 0.163 e. The van der Waals surface area contributed by atoms with Gasteiger partial charge >= 0.3 is 0 Å². The molecule has 1 heterocycles. The first kappa shape index (κ1) is 11.9. The Hall–Kier alpha value is -0.600. The van der Waals surface area contributed by atoms with E-state index in [1.54, 1.807) is 0 Å². The van der Waals surface area contributed by atoms with Crippen molar-refractivity contribution in [2.75, 3.05) is 0 Å². The highest BCUT2D eigenvalue weighted by Crippen LogP contribution is 2.24. The highest BCUT2D eigenvalue weighted by atomic mass is 35.5. The molecular formula is C13H15ClOS. The zero-order valence-electron chi connectivity index (χ0n) is 9.17. The molecule has 1 aromatic heterocycles. The molecule has 0 unspecified atom stereocenters. The summed E-state index contributed by atoms with van der Waals surface area (Å²) in [5.41, 5.74) is 1.03. The number of Topliss-reactive ketones (excluding diaryl/α,β-unsaturated/α-hetero) is 1. The number of allylic oxidation sites excluding steroid dienone is 2. The smallest absolute Gasteiger partial charge is 0.163 e. The van der Waals surface area contributed by atoms with Crippen molar-refractivity contribution in [2.24, 2.45) is 0 Å². The van der Waals surface area contributed by atoms with Crippen molar-refractivity contribution >= 4 is 28.7 Å². The molecule has 1 aliphatic carbocycles. The standard InChI is InChI=1S/C13H15ClOS/c14-13-8-7-11(16-13)9-12(15)10-5-3-1-2-4-6-10/h5,7-8H,1-4,6,9H2. The molecule has 0 aromatic carbocycles. The van der Waals surface area contributed by atoms with E-state index in [9.17, 15) is 4.79 Å². The van der Waals surface area contributed by atoms with E-state index in [0.29, 0.717) is 6.42 Å². The van der Waals surface area contributed by atoms with Crippen molar-refractivity contribution in [1.29, 1.82) is 0 Å². The Balaban J connectivity index is 1.99. The van der Waals surface area contributed by atoms with Gasteiger partial charge in [0, 0.05) is 11.3 Å². The van der Waals surface area contributed by atoms with Crippen molar-refractivity contribution < 1.29 is 4.79 Å². The average Bonchev–Trinajstić information content (AvgIpc) is 2.56. The van der Waals surface area contributed by atoms with Crippen molar-refractivity contribution in [3.8, 4) is 0 Å². The Morgan fingerprint density at radius 2 is 2.19 bits per heavy atom. The van der Waals surface area contributed by atoms with Crippen LogP contribution in [-0.4, -0.2) is 5.78 Å².